The van der Waals surface area contributed by atoms with Crippen LogP contribution < -0.4 is 0 Å². The first-order valence-corrected chi connectivity index (χ1v) is 5.25. The molecule has 0 unspecified atom stereocenters. The molecule has 0 bridgehead atoms. The lowest BCUT2D eigenvalue weighted by atomic mass is 10.2. The van der Waals surface area contributed by atoms with E-state index in [-0.39, 0.29) is 5.97 Å². The van der Waals surface area contributed by atoms with Crippen LogP contribution in [0.4, 0.5) is 0 Å². The standard InChI is InChI=1S/C9H11BrN2O2/c1-12-8(5-3-4-5)6(10)7(11-12)9(13)14-2/h5H,3-4H2,1-2H3. The molecule has 5 heteroatoms. The first-order chi connectivity index (χ1) is 6.65. The molecule has 14 heavy (non-hydrogen) atoms. The number of rotatable bonds is 2. The largest absolute Gasteiger partial charge is 0.464 e. The van der Waals surface area contributed by atoms with Crippen LogP contribution in [-0.2, 0) is 11.8 Å². The number of carbonyl (C=O) groups excluding carboxylic acids is 1. The number of halogens is 1. The summed E-state index contributed by atoms with van der Waals surface area (Å²) < 4.78 is 7.19. The van der Waals surface area contributed by atoms with E-state index in [1.165, 1.54) is 20.0 Å². The van der Waals surface area contributed by atoms with Gasteiger partial charge in [0.2, 0.25) is 0 Å². The van der Waals surface area contributed by atoms with Crippen molar-refractivity contribution in [2.24, 2.45) is 7.05 Å². The molecule has 0 aromatic carbocycles. The summed E-state index contributed by atoms with van der Waals surface area (Å²) in [5, 5.41) is 4.14. The third-order valence-electron chi connectivity index (χ3n) is 2.37. The van der Waals surface area contributed by atoms with Crippen molar-refractivity contribution in [3.8, 4) is 0 Å². The van der Waals surface area contributed by atoms with E-state index in [4.69, 9.17) is 0 Å². The van der Waals surface area contributed by atoms with Crippen molar-refractivity contribution in [3.63, 3.8) is 0 Å². The zero-order valence-corrected chi connectivity index (χ0v) is 9.67. The fourth-order valence-electron chi connectivity index (χ4n) is 1.54. The molecule has 1 aliphatic carbocycles. The highest BCUT2D eigenvalue weighted by atomic mass is 79.9. The van der Waals surface area contributed by atoms with Gasteiger partial charge in [-0.25, -0.2) is 4.79 Å². The molecular weight excluding hydrogens is 248 g/mol. The number of aromatic nitrogens is 2. The maximum atomic E-state index is 11.3. The Kier molecular flexibility index (Phi) is 2.34. The van der Waals surface area contributed by atoms with Crippen LogP contribution in [0, 0.1) is 0 Å². The van der Waals surface area contributed by atoms with Crippen LogP contribution in [0.15, 0.2) is 4.47 Å². The maximum Gasteiger partial charge on any atom is 0.359 e. The van der Waals surface area contributed by atoms with E-state index in [1.807, 2.05) is 7.05 Å². The number of aryl methyl sites for hydroxylation is 1. The number of ether oxygens (including phenoxy) is 1. The number of esters is 1. The average Bonchev–Trinajstić information content (AvgIpc) is 2.93. The molecule has 0 spiro atoms. The smallest absolute Gasteiger partial charge is 0.359 e. The van der Waals surface area contributed by atoms with Gasteiger partial charge >= 0.3 is 5.97 Å². The zero-order chi connectivity index (χ0) is 10.3. The van der Waals surface area contributed by atoms with E-state index in [9.17, 15) is 4.79 Å². The molecule has 1 aromatic heterocycles. The molecule has 1 aromatic rings. The fraction of sp³-hybridized carbons (Fsp3) is 0.556. The lowest BCUT2D eigenvalue weighted by molar-refractivity contribution is 0.0592. The minimum Gasteiger partial charge on any atom is -0.464 e. The highest BCUT2D eigenvalue weighted by Crippen LogP contribution is 2.43. The first kappa shape index (κ1) is 9.71. The molecule has 0 aliphatic heterocycles. The average molecular weight is 259 g/mol. The summed E-state index contributed by atoms with van der Waals surface area (Å²) in [4.78, 5) is 11.3. The van der Waals surface area contributed by atoms with Crippen molar-refractivity contribution in [1.82, 2.24) is 9.78 Å². The normalized spacial score (nSPS) is 15.6. The molecule has 1 aliphatic rings. The monoisotopic (exact) mass is 258 g/mol. The Labute approximate surface area is 90.4 Å². The SMILES string of the molecule is COC(=O)c1nn(C)c(C2CC2)c1Br. The number of carbonyl (C=O) groups is 1. The van der Waals surface area contributed by atoms with Crippen molar-refractivity contribution in [2.75, 3.05) is 7.11 Å². The van der Waals surface area contributed by atoms with Gasteiger partial charge < -0.3 is 4.74 Å². The van der Waals surface area contributed by atoms with Gasteiger partial charge in [0.05, 0.1) is 17.3 Å². The van der Waals surface area contributed by atoms with E-state index in [1.54, 1.807) is 4.68 Å². The van der Waals surface area contributed by atoms with Gasteiger partial charge in [0.1, 0.15) is 0 Å². The molecule has 76 valence electrons. The van der Waals surface area contributed by atoms with Crippen LogP contribution in [0.1, 0.15) is 34.9 Å². The summed E-state index contributed by atoms with van der Waals surface area (Å²) in [5.41, 5.74) is 1.47. The van der Waals surface area contributed by atoms with Gasteiger partial charge in [-0.05, 0) is 28.8 Å². The predicted octanol–water partition coefficient (Wildman–Crippen LogP) is 1.85. The number of hydrogen-bond acceptors (Lipinski definition) is 3. The molecule has 0 amide bonds. The maximum absolute atomic E-state index is 11.3. The van der Waals surface area contributed by atoms with E-state index in [0.29, 0.717) is 11.6 Å². The fourth-order valence-corrected chi connectivity index (χ4v) is 2.36. The molecule has 1 heterocycles. The molecular formula is C9H11BrN2O2. The van der Waals surface area contributed by atoms with Crippen molar-refractivity contribution < 1.29 is 9.53 Å². The van der Waals surface area contributed by atoms with Gasteiger partial charge in [0.15, 0.2) is 5.69 Å². The second kappa shape index (κ2) is 3.38. The van der Waals surface area contributed by atoms with Crippen LogP contribution in [0.3, 0.4) is 0 Å². The van der Waals surface area contributed by atoms with E-state index in [0.717, 1.165) is 10.2 Å². The van der Waals surface area contributed by atoms with Crippen LogP contribution >= 0.6 is 15.9 Å². The van der Waals surface area contributed by atoms with Gasteiger partial charge in [0.25, 0.3) is 0 Å². The summed E-state index contributed by atoms with van der Waals surface area (Å²) in [6, 6.07) is 0. The Morgan fingerprint density at radius 1 is 1.64 bits per heavy atom. The summed E-state index contributed by atoms with van der Waals surface area (Å²) in [6.07, 6.45) is 2.36. The van der Waals surface area contributed by atoms with Crippen molar-refractivity contribution in [2.45, 2.75) is 18.8 Å². The van der Waals surface area contributed by atoms with Crippen LogP contribution in [0.5, 0.6) is 0 Å². The molecule has 4 nitrogen and oxygen atoms in total. The van der Waals surface area contributed by atoms with E-state index >= 15 is 0 Å². The van der Waals surface area contributed by atoms with Crippen LogP contribution in [0.2, 0.25) is 0 Å². The van der Waals surface area contributed by atoms with Gasteiger partial charge in [-0.15, -0.1) is 0 Å². The number of nitrogens with zero attached hydrogens (tertiary/aromatic N) is 2. The minimum atomic E-state index is -0.389. The highest BCUT2D eigenvalue weighted by Gasteiger charge is 2.32. The second-order valence-corrected chi connectivity index (χ2v) is 4.23. The third kappa shape index (κ3) is 1.45. The van der Waals surface area contributed by atoms with Gasteiger partial charge in [-0.1, -0.05) is 0 Å². The molecule has 1 saturated carbocycles. The first-order valence-electron chi connectivity index (χ1n) is 4.46. The van der Waals surface area contributed by atoms with Gasteiger partial charge in [-0.3, -0.25) is 4.68 Å². The van der Waals surface area contributed by atoms with Gasteiger partial charge in [0, 0.05) is 13.0 Å². The Hall–Kier alpha value is -0.840. The summed E-state index contributed by atoms with van der Waals surface area (Å²) in [7, 11) is 3.21. The van der Waals surface area contributed by atoms with Crippen molar-refractivity contribution in [1.29, 1.82) is 0 Å². The van der Waals surface area contributed by atoms with Crippen LogP contribution in [-0.4, -0.2) is 22.9 Å². The number of methoxy groups -OCH3 is 1. The van der Waals surface area contributed by atoms with Crippen molar-refractivity contribution >= 4 is 21.9 Å². The second-order valence-electron chi connectivity index (χ2n) is 3.44. The minimum absolute atomic E-state index is 0.372. The summed E-state index contributed by atoms with van der Waals surface area (Å²) >= 11 is 3.40. The molecule has 0 atom stereocenters. The van der Waals surface area contributed by atoms with Crippen LogP contribution in [0.25, 0.3) is 0 Å². The topological polar surface area (TPSA) is 44.1 Å². The molecule has 0 radical (unpaired) electrons. The van der Waals surface area contributed by atoms with E-state index < -0.39 is 0 Å². The van der Waals surface area contributed by atoms with Gasteiger partial charge in [-0.2, -0.15) is 5.10 Å². The lowest BCUT2D eigenvalue weighted by Gasteiger charge is -1.97. The predicted molar refractivity (Wildman–Crippen MR) is 54.2 cm³/mol. The van der Waals surface area contributed by atoms with Crippen molar-refractivity contribution in [3.05, 3.63) is 15.9 Å². The molecule has 0 N–H and O–H groups in total. The Morgan fingerprint density at radius 2 is 2.29 bits per heavy atom. The molecule has 1 fully saturated rings. The van der Waals surface area contributed by atoms with E-state index in [2.05, 4.69) is 25.8 Å². The zero-order valence-electron chi connectivity index (χ0n) is 8.08. The quantitative estimate of drug-likeness (QED) is 0.761. The molecule has 2 rings (SSSR count). The summed E-state index contributed by atoms with van der Waals surface area (Å²) in [5.74, 6) is 0.166. The Morgan fingerprint density at radius 3 is 2.79 bits per heavy atom. The summed E-state index contributed by atoms with van der Waals surface area (Å²) in [6.45, 7) is 0. The number of hydrogen-bond donors (Lipinski definition) is 0. The Bertz CT molecular complexity index is 382. The highest BCUT2D eigenvalue weighted by molar-refractivity contribution is 9.10. The third-order valence-corrected chi connectivity index (χ3v) is 3.16. The lowest BCUT2D eigenvalue weighted by Crippen LogP contribution is -2.03. The molecule has 0 saturated heterocycles. The Balaban J connectivity index is 2.43.